The Morgan fingerprint density at radius 2 is 1.85 bits per heavy atom. The Balaban J connectivity index is 2.48. The van der Waals surface area contributed by atoms with Gasteiger partial charge >= 0.3 is 0 Å². The summed E-state index contributed by atoms with van der Waals surface area (Å²) in [6.45, 7) is 9.92. The number of carbonyl (C=O) groups excluding carboxylic acids is 1. The van der Waals surface area contributed by atoms with Crippen molar-refractivity contribution >= 4 is 5.91 Å². The monoisotopic (exact) mass is 283 g/mol. The molecule has 118 valence electrons. The van der Waals surface area contributed by atoms with Gasteiger partial charge in [0.05, 0.1) is 5.92 Å². The van der Waals surface area contributed by atoms with E-state index in [-0.39, 0.29) is 17.2 Å². The van der Waals surface area contributed by atoms with Crippen LogP contribution in [0.4, 0.5) is 0 Å². The Morgan fingerprint density at radius 1 is 1.30 bits per heavy atom. The van der Waals surface area contributed by atoms with Crippen LogP contribution in [-0.2, 0) is 4.79 Å². The van der Waals surface area contributed by atoms with Gasteiger partial charge in [-0.3, -0.25) is 4.79 Å². The summed E-state index contributed by atoms with van der Waals surface area (Å²) in [7, 11) is 4.23. The van der Waals surface area contributed by atoms with Gasteiger partial charge in [0.15, 0.2) is 0 Å². The zero-order valence-electron chi connectivity index (χ0n) is 14.0. The number of nitrogens with zero attached hydrogens (tertiary/aromatic N) is 2. The van der Waals surface area contributed by atoms with Crippen molar-refractivity contribution in [2.24, 2.45) is 23.0 Å². The smallest absolute Gasteiger partial charge is 0.226 e. The third kappa shape index (κ3) is 5.80. The molecule has 1 saturated heterocycles. The number of likely N-dealkylation sites (tertiary alicyclic amines) is 1. The van der Waals surface area contributed by atoms with Gasteiger partial charge in [-0.1, -0.05) is 20.8 Å². The molecule has 0 saturated carbocycles. The molecule has 0 spiro atoms. The zero-order valence-corrected chi connectivity index (χ0v) is 14.0. The van der Waals surface area contributed by atoms with Crippen LogP contribution in [0.3, 0.4) is 0 Å². The Bertz CT molecular complexity index is 301. The van der Waals surface area contributed by atoms with Crippen molar-refractivity contribution in [2.75, 3.05) is 40.3 Å². The molecule has 0 radical (unpaired) electrons. The van der Waals surface area contributed by atoms with E-state index in [1.54, 1.807) is 0 Å². The summed E-state index contributed by atoms with van der Waals surface area (Å²) in [6.07, 6.45) is 3.12. The van der Waals surface area contributed by atoms with Gasteiger partial charge in [0.25, 0.3) is 0 Å². The van der Waals surface area contributed by atoms with Gasteiger partial charge in [-0.15, -0.1) is 0 Å². The van der Waals surface area contributed by atoms with E-state index in [0.717, 1.165) is 44.8 Å². The second kappa shape index (κ2) is 7.41. The topological polar surface area (TPSA) is 49.6 Å². The molecule has 4 heteroatoms. The van der Waals surface area contributed by atoms with E-state index in [0.29, 0.717) is 6.54 Å². The zero-order chi connectivity index (χ0) is 15.3. The average Bonchev–Trinajstić information content (AvgIpc) is 2.34. The average molecular weight is 283 g/mol. The highest BCUT2D eigenvalue weighted by atomic mass is 16.2. The molecule has 0 aliphatic carbocycles. The Labute approximate surface area is 124 Å². The standard InChI is InChI=1S/C16H33N3O/c1-16(2,3)10-14(11-17)15(20)19-8-6-13(7-9-19)12-18(4)5/h13-14H,6-12,17H2,1-5H3. The molecule has 0 aromatic rings. The van der Waals surface area contributed by atoms with Crippen LogP contribution in [0.2, 0.25) is 0 Å². The summed E-state index contributed by atoms with van der Waals surface area (Å²) in [5.74, 6) is 0.985. The van der Waals surface area contributed by atoms with Crippen molar-refractivity contribution in [2.45, 2.75) is 40.0 Å². The van der Waals surface area contributed by atoms with Crippen molar-refractivity contribution in [3.63, 3.8) is 0 Å². The SMILES string of the molecule is CN(C)CC1CCN(C(=O)C(CN)CC(C)(C)C)CC1. The molecular formula is C16H33N3O. The first-order chi connectivity index (χ1) is 9.23. The van der Waals surface area contributed by atoms with Crippen molar-refractivity contribution < 1.29 is 4.79 Å². The van der Waals surface area contributed by atoms with E-state index >= 15 is 0 Å². The molecule has 4 nitrogen and oxygen atoms in total. The molecule has 2 N–H and O–H groups in total. The largest absolute Gasteiger partial charge is 0.342 e. The summed E-state index contributed by atoms with van der Waals surface area (Å²) in [5, 5.41) is 0. The maximum absolute atomic E-state index is 12.6. The number of hydrogen-bond donors (Lipinski definition) is 1. The maximum atomic E-state index is 12.6. The molecule has 1 amide bonds. The number of hydrogen-bond acceptors (Lipinski definition) is 3. The summed E-state index contributed by atoms with van der Waals surface area (Å²) in [4.78, 5) is 16.8. The first kappa shape index (κ1) is 17.4. The highest BCUT2D eigenvalue weighted by Crippen LogP contribution is 2.27. The van der Waals surface area contributed by atoms with E-state index in [1.807, 2.05) is 4.90 Å². The van der Waals surface area contributed by atoms with Crippen molar-refractivity contribution in [1.29, 1.82) is 0 Å². The normalized spacial score (nSPS) is 19.4. The van der Waals surface area contributed by atoms with E-state index in [4.69, 9.17) is 5.73 Å². The van der Waals surface area contributed by atoms with Gasteiger partial charge in [0.1, 0.15) is 0 Å². The third-order valence-electron chi connectivity index (χ3n) is 4.04. The highest BCUT2D eigenvalue weighted by molar-refractivity contribution is 5.79. The lowest BCUT2D eigenvalue weighted by Crippen LogP contribution is -2.45. The molecule has 0 bridgehead atoms. The fourth-order valence-electron chi connectivity index (χ4n) is 3.12. The lowest BCUT2D eigenvalue weighted by molar-refractivity contribution is -0.137. The minimum atomic E-state index is -0.0135. The van der Waals surface area contributed by atoms with Crippen LogP contribution >= 0.6 is 0 Å². The molecule has 0 aromatic carbocycles. The fourth-order valence-corrected chi connectivity index (χ4v) is 3.12. The first-order valence-corrected chi connectivity index (χ1v) is 7.86. The molecule has 0 aromatic heterocycles. The second-order valence-electron chi connectivity index (χ2n) is 7.73. The van der Waals surface area contributed by atoms with E-state index in [2.05, 4.69) is 39.8 Å². The molecule has 1 unspecified atom stereocenters. The summed E-state index contributed by atoms with van der Waals surface area (Å²) >= 11 is 0. The number of carbonyl (C=O) groups is 1. The molecule has 1 atom stereocenters. The quantitative estimate of drug-likeness (QED) is 0.837. The van der Waals surface area contributed by atoms with Gasteiger partial charge < -0.3 is 15.5 Å². The van der Waals surface area contributed by atoms with Crippen LogP contribution in [0.15, 0.2) is 0 Å². The Morgan fingerprint density at radius 3 is 2.25 bits per heavy atom. The highest BCUT2D eigenvalue weighted by Gasteiger charge is 2.30. The molecule has 20 heavy (non-hydrogen) atoms. The van der Waals surface area contributed by atoms with Gasteiger partial charge in [-0.25, -0.2) is 0 Å². The Hall–Kier alpha value is -0.610. The summed E-state index contributed by atoms with van der Waals surface area (Å²) in [5.41, 5.74) is 5.98. The van der Waals surface area contributed by atoms with E-state index in [9.17, 15) is 4.79 Å². The Kier molecular flexibility index (Phi) is 6.46. The molecule has 1 aliphatic rings. The third-order valence-corrected chi connectivity index (χ3v) is 4.04. The van der Waals surface area contributed by atoms with Crippen molar-refractivity contribution in [1.82, 2.24) is 9.80 Å². The molecule has 1 rings (SSSR count). The number of nitrogens with two attached hydrogens (primary N) is 1. The van der Waals surface area contributed by atoms with Crippen molar-refractivity contribution in [3.05, 3.63) is 0 Å². The maximum Gasteiger partial charge on any atom is 0.226 e. The van der Waals surface area contributed by atoms with Gasteiger partial charge in [-0.05, 0) is 44.7 Å². The van der Waals surface area contributed by atoms with Crippen LogP contribution in [-0.4, -0.2) is 56.0 Å². The first-order valence-electron chi connectivity index (χ1n) is 7.86. The van der Waals surface area contributed by atoms with Gasteiger partial charge in [-0.2, -0.15) is 0 Å². The minimum Gasteiger partial charge on any atom is -0.342 e. The van der Waals surface area contributed by atoms with Crippen molar-refractivity contribution in [3.8, 4) is 0 Å². The lowest BCUT2D eigenvalue weighted by Gasteiger charge is -2.36. The lowest BCUT2D eigenvalue weighted by atomic mass is 9.83. The predicted molar refractivity (Wildman–Crippen MR) is 84.5 cm³/mol. The molecule has 1 fully saturated rings. The minimum absolute atomic E-state index is 0.0135. The predicted octanol–water partition coefficient (Wildman–Crippen LogP) is 1.80. The molecular weight excluding hydrogens is 250 g/mol. The number of piperidine rings is 1. The van der Waals surface area contributed by atoms with Crippen LogP contribution < -0.4 is 5.73 Å². The van der Waals surface area contributed by atoms with Crippen LogP contribution in [0.1, 0.15) is 40.0 Å². The van der Waals surface area contributed by atoms with E-state index in [1.165, 1.54) is 0 Å². The molecule has 1 heterocycles. The second-order valence-corrected chi connectivity index (χ2v) is 7.73. The summed E-state index contributed by atoms with van der Waals surface area (Å²) < 4.78 is 0. The summed E-state index contributed by atoms with van der Waals surface area (Å²) in [6, 6.07) is 0. The molecule has 1 aliphatic heterocycles. The van der Waals surface area contributed by atoms with E-state index < -0.39 is 0 Å². The number of rotatable bonds is 5. The fraction of sp³-hybridized carbons (Fsp3) is 0.938. The van der Waals surface area contributed by atoms with Gasteiger partial charge in [0.2, 0.25) is 5.91 Å². The van der Waals surface area contributed by atoms with Crippen LogP contribution in [0.25, 0.3) is 0 Å². The van der Waals surface area contributed by atoms with Gasteiger partial charge in [0, 0.05) is 26.2 Å². The van der Waals surface area contributed by atoms with Crippen LogP contribution in [0.5, 0.6) is 0 Å². The van der Waals surface area contributed by atoms with Crippen LogP contribution in [0, 0.1) is 17.3 Å². The number of amides is 1.